The van der Waals surface area contributed by atoms with Crippen LogP contribution in [0.25, 0.3) is 20.9 Å². The van der Waals surface area contributed by atoms with Gasteiger partial charge in [-0.3, -0.25) is 0 Å². The van der Waals surface area contributed by atoms with Gasteiger partial charge in [-0.05, 0) is 104 Å². The quantitative estimate of drug-likeness (QED) is 0.106. The summed E-state index contributed by atoms with van der Waals surface area (Å²) < 4.78 is 99.4. The van der Waals surface area contributed by atoms with Crippen LogP contribution in [0.3, 0.4) is 0 Å². The standard InChI is InChI=1S/C10H5ClF2O2S2.C10H6F2S.C6H5BF2O2.C4H3BrS/c11-17(14,15)10-2-1-9(16-10)6-3-7(12)5-8(13)4-6;11-8-4-7(5-9(12)6-8)10-2-1-3-13-10;8-5-1-4(7(10)11)2-6(9)3-5;5-4-2-1-3-6-4/h1-5H;1-6H;1-3,10-11H;1-3H. The highest BCUT2D eigenvalue weighted by molar-refractivity contribution is 9.11. The van der Waals surface area contributed by atoms with Crippen molar-refractivity contribution in [2.24, 2.45) is 0 Å². The van der Waals surface area contributed by atoms with Crippen molar-refractivity contribution in [2.75, 3.05) is 0 Å². The van der Waals surface area contributed by atoms with E-state index in [1.807, 2.05) is 35.0 Å². The predicted molar refractivity (Wildman–Crippen MR) is 181 cm³/mol. The molecule has 0 unspecified atom stereocenters. The summed E-state index contributed by atoms with van der Waals surface area (Å²) in [4.78, 5) is 1.31. The lowest BCUT2D eigenvalue weighted by Crippen LogP contribution is -2.30. The molecule has 17 heteroatoms. The Bertz CT molecular complexity index is 1930. The Balaban J connectivity index is 0.000000179. The summed E-state index contributed by atoms with van der Waals surface area (Å²) in [6, 6.07) is 19.4. The van der Waals surface area contributed by atoms with Gasteiger partial charge in [0.05, 0.1) is 3.79 Å². The van der Waals surface area contributed by atoms with E-state index in [1.54, 1.807) is 11.3 Å². The molecule has 3 aromatic carbocycles. The maximum Gasteiger partial charge on any atom is 0.488 e. The summed E-state index contributed by atoms with van der Waals surface area (Å²) in [5, 5.41) is 20.9. The molecule has 0 aliphatic carbocycles. The van der Waals surface area contributed by atoms with E-state index in [0.717, 1.165) is 52.6 Å². The van der Waals surface area contributed by atoms with Crippen LogP contribution in [0.5, 0.6) is 0 Å². The third-order valence-corrected chi connectivity index (χ3v) is 10.9. The Morgan fingerprint density at radius 1 is 0.617 bits per heavy atom. The maximum atomic E-state index is 13.0. The van der Waals surface area contributed by atoms with Gasteiger partial charge in [0.25, 0.3) is 9.05 Å². The van der Waals surface area contributed by atoms with E-state index in [9.17, 15) is 34.8 Å². The number of halogens is 8. The highest BCUT2D eigenvalue weighted by Crippen LogP contribution is 2.33. The van der Waals surface area contributed by atoms with Gasteiger partial charge < -0.3 is 10.0 Å². The lowest BCUT2D eigenvalue weighted by atomic mass is 9.80. The third kappa shape index (κ3) is 13.2. The van der Waals surface area contributed by atoms with E-state index in [1.165, 1.54) is 39.4 Å². The van der Waals surface area contributed by atoms with Crippen LogP contribution in [0.2, 0.25) is 0 Å². The smallest absolute Gasteiger partial charge is 0.423 e. The second-order valence-corrected chi connectivity index (χ2v) is 16.0. The molecule has 0 bridgehead atoms. The van der Waals surface area contributed by atoms with Crippen molar-refractivity contribution in [1.82, 2.24) is 0 Å². The Morgan fingerprint density at radius 3 is 1.40 bits per heavy atom. The Labute approximate surface area is 290 Å². The number of hydrogen-bond donors (Lipinski definition) is 2. The zero-order valence-corrected chi connectivity index (χ0v) is 28.9. The normalized spacial score (nSPS) is 10.5. The molecule has 6 rings (SSSR count). The molecule has 246 valence electrons. The van der Waals surface area contributed by atoms with Crippen molar-refractivity contribution in [2.45, 2.75) is 4.21 Å². The van der Waals surface area contributed by atoms with Crippen molar-refractivity contribution < 1.29 is 44.8 Å². The van der Waals surface area contributed by atoms with Gasteiger partial charge in [0.1, 0.15) is 39.1 Å². The molecule has 0 saturated carbocycles. The fourth-order valence-corrected chi connectivity index (χ4v) is 7.12. The van der Waals surface area contributed by atoms with Gasteiger partial charge in [0.2, 0.25) is 0 Å². The summed E-state index contributed by atoms with van der Waals surface area (Å²) in [6.45, 7) is 0. The summed E-state index contributed by atoms with van der Waals surface area (Å²) >= 11 is 7.31. The molecule has 47 heavy (non-hydrogen) atoms. The second kappa shape index (κ2) is 18.0. The van der Waals surface area contributed by atoms with E-state index in [2.05, 4.69) is 15.9 Å². The van der Waals surface area contributed by atoms with E-state index in [-0.39, 0.29) is 15.2 Å². The molecule has 0 spiro atoms. The number of hydrogen-bond acceptors (Lipinski definition) is 7. The average molecular weight is 812 g/mol. The molecule has 3 heterocycles. The highest BCUT2D eigenvalue weighted by Gasteiger charge is 2.15. The summed E-state index contributed by atoms with van der Waals surface area (Å²) in [7, 11) is -0.484. The highest BCUT2D eigenvalue weighted by atomic mass is 79.9. The topological polar surface area (TPSA) is 74.6 Å². The first-order valence-corrected chi connectivity index (χ1v) is 18.3. The van der Waals surface area contributed by atoms with Crippen molar-refractivity contribution in [3.63, 3.8) is 0 Å². The fourth-order valence-electron chi connectivity index (χ4n) is 3.42. The minimum atomic E-state index is -3.81. The molecule has 0 atom stereocenters. The lowest BCUT2D eigenvalue weighted by molar-refractivity contribution is 0.425. The molecular formula is C30H19BBrClF6O4S4. The molecule has 4 nitrogen and oxygen atoms in total. The number of thiophene rings is 3. The van der Waals surface area contributed by atoms with Crippen LogP contribution in [0, 0.1) is 34.9 Å². The van der Waals surface area contributed by atoms with E-state index in [0.29, 0.717) is 16.5 Å². The monoisotopic (exact) mass is 810 g/mol. The van der Waals surface area contributed by atoms with Crippen molar-refractivity contribution in [3.8, 4) is 20.9 Å². The van der Waals surface area contributed by atoms with Crippen molar-refractivity contribution in [3.05, 3.63) is 140 Å². The van der Waals surface area contributed by atoms with Gasteiger partial charge in [0.15, 0.2) is 0 Å². The molecular weight excluding hydrogens is 793 g/mol. The molecule has 0 fully saturated rings. The summed E-state index contributed by atoms with van der Waals surface area (Å²) in [6.07, 6.45) is 0. The van der Waals surface area contributed by atoms with E-state index in [4.69, 9.17) is 20.7 Å². The van der Waals surface area contributed by atoms with E-state index >= 15 is 0 Å². The van der Waals surface area contributed by atoms with Gasteiger partial charge >= 0.3 is 7.12 Å². The molecule has 0 radical (unpaired) electrons. The van der Waals surface area contributed by atoms with Gasteiger partial charge in [-0.15, -0.1) is 34.0 Å². The first kappa shape index (κ1) is 38.5. The Kier molecular flexibility index (Phi) is 14.7. The second-order valence-electron chi connectivity index (χ2n) is 8.84. The third-order valence-electron chi connectivity index (χ3n) is 5.31. The van der Waals surface area contributed by atoms with Gasteiger partial charge in [-0.2, -0.15) is 0 Å². The molecule has 0 aliphatic rings. The zero-order valence-electron chi connectivity index (χ0n) is 23.3. The minimum Gasteiger partial charge on any atom is -0.423 e. The van der Waals surface area contributed by atoms with Gasteiger partial charge in [-0.25, -0.2) is 34.8 Å². The SMILES string of the molecule is Brc1cccs1.Fc1cc(F)cc(-c2cccs2)c1.O=S(=O)(Cl)c1ccc(-c2cc(F)cc(F)c2)s1.OB(O)c1cc(F)cc(F)c1. The van der Waals surface area contributed by atoms with Crippen LogP contribution in [-0.4, -0.2) is 25.6 Å². The van der Waals surface area contributed by atoms with Gasteiger partial charge in [-0.1, -0.05) is 12.1 Å². The first-order chi connectivity index (χ1) is 22.1. The van der Waals surface area contributed by atoms with Crippen LogP contribution in [0.15, 0.2) is 110 Å². The molecule has 0 aliphatic heterocycles. The van der Waals surface area contributed by atoms with Crippen molar-refractivity contribution >= 4 is 82.3 Å². The van der Waals surface area contributed by atoms with E-state index < -0.39 is 51.1 Å². The molecule has 0 saturated heterocycles. The molecule has 6 aromatic rings. The number of benzene rings is 3. The average Bonchev–Trinajstić information content (AvgIpc) is 3.76. The van der Waals surface area contributed by atoms with Crippen LogP contribution in [0.1, 0.15) is 0 Å². The minimum absolute atomic E-state index is 0.0566. The van der Waals surface area contributed by atoms with Crippen LogP contribution in [0.4, 0.5) is 26.3 Å². The summed E-state index contributed by atoms with van der Waals surface area (Å²) in [5.74, 6) is -4.17. The lowest BCUT2D eigenvalue weighted by Gasteiger charge is -1.98. The van der Waals surface area contributed by atoms with Gasteiger partial charge in [0, 0.05) is 38.6 Å². The maximum absolute atomic E-state index is 13.0. The summed E-state index contributed by atoms with van der Waals surface area (Å²) in [5.41, 5.74) is 0.675. The Morgan fingerprint density at radius 2 is 1.06 bits per heavy atom. The zero-order chi connectivity index (χ0) is 34.7. The van der Waals surface area contributed by atoms with Crippen LogP contribution >= 0.6 is 60.6 Å². The van der Waals surface area contributed by atoms with Crippen molar-refractivity contribution in [1.29, 1.82) is 0 Å². The van der Waals surface area contributed by atoms with Crippen LogP contribution in [-0.2, 0) is 9.05 Å². The molecule has 3 aromatic heterocycles. The largest absolute Gasteiger partial charge is 0.488 e. The first-order valence-electron chi connectivity index (χ1n) is 12.6. The molecule has 0 amide bonds. The predicted octanol–water partition coefficient (Wildman–Crippen LogP) is 9.47. The molecule has 2 N–H and O–H groups in total. The fraction of sp³-hybridized carbons (Fsp3) is 0. The Hall–Kier alpha value is -2.96. The number of rotatable bonds is 4. The van der Waals surface area contributed by atoms with Crippen LogP contribution < -0.4 is 5.46 Å².